The van der Waals surface area contributed by atoms with Crippen molar-refractivity contribution in [1.29, 1.82) is 0 Å². The third-order valence-corrected chi connectivity index (χ3v) is 1.76. The minimum Gasteiger partial charge on any atom is -0.507 e. The Labute approximate surface area is 81.6 Å². The number of hydrogen-bond donors (Lipinski definition) is 1. The molecule has 0 saturated heterocycles. The molecule has 1 aromatic carbocycles. The number of hydrogen-bond acceptors (Lipinski definition) is 3. The van der Waals surface area contributed by atoms with Gasteiger partial charge in [0.15, 0.2) is 0 Å². The third kappa shape index (κ3) is 2.32. The molecule has 74 valence electrons. The Hall–Kier alpha value is -1.84. The van der Waals surface area contributed by atoms with Crippen molar-refractivity contribution < 1.29 is 10.0 Å². The summed E-state index contributed by atoms with van der Waals surface area (Å²) in [4.78, 5) is 9.95. The third-order valence-electron chi connectivity index (χ3n) is 1.76. The van der Waals surface area contributed by atoms with Gasteiger partial charge in [0.25, 0.3) is 5.69 Å². The van der Waals surface area contributed by atoms with Gasteiger partial charge in [-0.15, -0.1) is 0 Å². The van der Waals surface area contributed by atoms with Gasteiger partial charge in [0.2, 0.25) is 0 Å². The zero-order valence-electron chi connectivity index (χ0n) is 7.80. The van der Waals surface area contributed by atoms with Crippen molar-refractivity contribution in [1.82, 2.24) is 0 Å². The summed E-state index contributed by atoms with van der Waals surface area (Å²) in [5.74, 6) is 0.0558. The standard InChI is InChI=1S/C10H11NO3/c1-2-3-4-8-7-9(11(13)14)5-6-10(8)12/h3-7,12H,2H2,1H3/b4-3-. The normalized spacial score (nSPS) is 10.6. The van der Waals surface area contributed by atoms with Gasteiger partial charge < -0.3 is 5.11 Å². The first-order chi connectivity index (χ1) is 6.65. The molecule has 0 aliphatic carbocycles. The van der Waals surface area contributed by atoms with Gasteiger partial charge >= 0.3 is 0 Å². The lowest BCUT2D eigenvalue weighted by Crippen LogP contribution is -1.88. The molecule has 0 saturated carbocycles. The number of rotatable bonds is 3. The fraction of sp³-hybridized carbons (Fsp3) is 0.200. The number of non-ortho nitro benzene ring substituents is 1. The van der Waals surface area contributed by atoms with Crippen LogP contribution in [0, 0.1) is 10.1 Å². The second-order valence-corrected chi connectivity index (χ2v) is 2.81. The molecule has 0 radical (unpaired) electrons. The number of phenolic OH excluding ortho intramolecular Hbond substituents is 1. The number of nitrogens with zero attached hydrogens (tertiary/aromatic N) is 1. The predicted octanol–water partition coefficient (Wildman–Crippen LogP) is 2.72. The minimum atomic E-state index is -0.483. The molecule has 14 heavy (non-hydrogen) atoms. The number of allylic oxidation sites excluding steroid dienone is 1. The van der Waals surface area contributed by atoms with Crippen LogP contribution in [-0.4, -0.2) is 10.0 Å². The highest BCUT2D eigenvalue weighted by atomic mass is 16.6. The lowest BCUT2D eigenvalue weighted by molar-refractivity contribution is -0.384. The Balaban J connectivity index is 3.08. The van der Waals surface area contributed by atoms with E-state index in [4.69, 9.17) is 0 Å². The van der Waals surface area contributed by atoms with Crippen LogP contribution in [0.25, 0.3) is 6.08 Å². The number of aromatic hydroxyl groups is 1. The Morgan fingerprint density at radius 1 is 1.57 bits per heavy atom. The van der Waals surface area contributed by atoms with E-state index >= 15 is 0 Å². The lowest BCUT2D eigenvalue weighted by Gasteiger charge is -1.98. The van der Waals surface area contributed by atoms with Gasteiger partial charge in [-0.3, -0.25) is 10.1 Å². The number of benzene rings is 1. The van der Waals surface area contributed by atoms with Crippen LogP contribution < -0.4 is 0 Å². The average Bonchev–Trinajstić information content (AvgIpc) is 2.16. The molecule has 0 heterocycles. The molecule has 1 aromatic rings. The highest BCUT2D eigenvalue weighted by Gasteiger charge is 2.07. The second kappa shape index (κ2) is 4.41. The Kier molecular flexibility index (Phi) is 3.23. The molecule has 0 aromatic heterocycles. The van der Waals surface area contributed by atoms with Crippen LogP contribution in [-0.2, 0) is 0 Å². The van der Waals surface area contributed by atoms with Crippen LogP contribution in [0.1, 0.15) is 18.9 Å². The topological polar surface area (TPSA) is 63.4 Å². The molecular formula is C10H11NO3. The highest BCUT2D eigenvalue weighted by Crippen LogP contribution is 2.23. The fourth-order valence-corrected chi connectivity index (χ4v) is 1.03. The molecule has 1 N–H and O–H groups in total. The largest absolute Gasteiger partial charge is 0.507 e. The van der Waals surface area contributed by atoms with E-state index in [1.54, 1.807) is 6.08 Å². The summed E-state index contributed by atoms with van der Waals surface area (Å²) in [6, 6.07) is 3.95. The molecule has 0 fully saturated rings. The SMILES string of the molecule is CC/C=C\c1cc([N+](=O)[O-])ccc1O. The number of nitro benzene ring substituents is 1. The van der Waals surface area contributed by atoms with E-state index in [1.165, 1.54) is 18.2 Å². The van der Waals surface area contributed by atoms with Gasteiger partial charge in [-0.1, -0.05) is 19.1 Å². The van der Waals surface area contributed by atoms with E-state index in [9.17, 15) is 15.2 Å². The molecule has 0 unspecified atom stereocenters. The summed E-state index contributed by atoms with van der Waals surface area (Å²) in [6.07, 6.45) is 4.32. The monoisotopic (exact) mass is 193 g/mol. The van der Waals surface area contributed by atoms with Crippen molar-refractivity contribution in [3.8, 4) is 5.75 Å². The maximum absolute atomic E-state index is 10.4. The first-order valence-corrected chi connectivity index (χ1v) is 4.29. The Bertz CT molecular complexity index is 372. The predicted molar refractivity (Wildman–Crippen MR) is 54.1 cm³/mol. The maximum atomic E-state index is 10.4. The van der Waals surface area contributed by atoms with E-state index in [1.807, 2.05) is 13.0 Å². The molecule has 0 atom stereocenters. The van der Waals surface area contributed by atoms with Gasteiger partial charge in [0, 0.05) is 17.7 Å². The molecule has 4 heteroatoms. The van der Waals surface area contributed by atoms with Crippen LogP contribution in [0.15, 0.2) is 24.3 Å². The summed E-state index contributed by atoms with van der Waals surface area (Å²) < 4.78 is 0. The van der Waals surface area contributed by atoms with Crippen LogP contribution >= 0.6 is 0 Å². The quantitative estimate of drug-likeness (QED) is 0.593. The fourth-order valence-electron chi connectivity index (χ4n) is 1.03. The number of nitro groups is 1. The molecule has 0 bridgehead atoms. The highest BCUT2D eigenvalue weighted by molar-refractivity contribution is 5.60. The van der Waals surface area contributed by atoms with Crippen molar-refractivity contribution in [2.75, 3.05) is 0 Å². The summed E-state index contributed by atoms with van der Waals surface area (Å²) in [6.45, 7) is 1.95. The molecule has 0 amide bonds. The second-order valence-electron chi connectivity index (χ2n) is 2.81. The van der Waals surface area contributed by atoms with Crippen molar-refractivity contribution in [2.24, 2.45) is 0 Å². The molecular weight excluding hydrogens is 182 g/mol. The molecule has 0 aliphatic rings. The van der Waals surface area contributed by atoms with Crippen LogP contribution in [0.4, 0.5) is 5.69 Å². The Morgan fingerprint density at radius 2 is 2.29 bits per heavy atom. The maximum Gasteiger partial charge on any atom is 0.270 e. The molecule has 4 nitrogen and oxygen atoms in total. The first kappa shape index (κ1) is 10.2. The van der Waals surface area contributed by atoms with Gasteiger partial charge in [0.05, 0.1) is 4.92 Å². The number of phenols is 1. The molecule has 1 rings (SSSR count). The van der Waals surface area contributed by atoms with E-state index < -0.39 is 4.92 Å². The Morgan fingerprint density at radius 3 is 2.86 bits per heavy atom. The van der Waals surface area contributed by atoms with Crippen molar-refractivity contribution in [3.63, 3.8) is 0 Å². The van der Waals surface area contributed by atoms with Crippen molar-refractivity contribution in [2.45, 2.75) is 13.3 Å². The minimum absolute atomic E-state index is 0.0152. The van der Waals surface area contributed by atoms with E-state index in [0.29, 0.717) is 5.56 Å². The van der Waals surface area contributed by atoms with Gasteiger partial charge in [-0.2, -0.15) is 0 Å². The van der Waals surface area contributed by atoms with Crippen LogP contribution in [0.2, 0.25) is 0 Å². The summed E-state index contributed by atoms with van der Waals surface area (Å²) in [5, 5.41) is 19.8. The molecule has 0 aliphatic heterocycles. The van der Waals surface area contributed by atoms with Crippen molar-refractivity contribution >= 4 is 11.8 Å². The summed E-state index contributed by atoms with van der Waals surface area (Å²) in [5.41, 5.74) is 0.458. The van der Waals surface area contributed by atoms with Gasteiger partial charge in [-0.05, 0) is 12.5 Å². The zero-order chi connectivity index (χ0) is 10.6. The van der Waals surface area contributed by atoms with Crippen LogP contribution in [0.3, 0.4) is 0 Å². The zero-order valence-corrected chi connectivity index (χ0v) is 7.80. The van der Waals surface area contributed by atoms with Gasteiger partial charge in [-0.25, -0.2) is 0 Å². The van der Waals surface area contributed by atoms with Crippen LogP contribution in [0.5, 0.6) is 5.75 Å². The molecule has 0 spiro atoms. The van der Waals surface area contributed by atoms with E-state index in [-0.39, 0.29) is 11.4 Å². The summed E-state index contributed by atoms with van der Waals surface area (Å²) >= 11 is 0. The van der Waals surface area contributed by atoms with Gasteiger partial charge in [0.1, 0.15) is 5.75 Å². The van der Waals surface area contributed by atoms with Crippen molar-refractivity contribution in [3.05, 3.63) is 40.0 Å². The lowest BCUT2D eigenvalue weighted by atomic mass is 10.1. The smallest absolute Gasteiger partial charge is 0.270 e. The van der Waals surface area contributed by atoms with E-state index in [2.05, 4.69) is 0 Å². The first-order valence-electron chi connectivity index (χ1n) is 4.29. The average molecular weight is 193 g/mol. The summed E-state index contributed by atoms with van der Waals surface area (Å²) in [7, 11) is 0. The van der Waals surface area contributed by atoms with E-state index in [0.717, 1.165) is 6.42 Å².